The van der Waals surface area contributed by atoms with Crippen LogP contribution in [-0.4, -0.2) is 22.7 Å². The summed E-state index contributed by atoms with van der Waals surface area (Å²) in [4.78, 5) is 4.09. The van der Waals surface area contributed by atoms with Gasteiger partial charge in [-0.1, -0.05) is 62.9 Å². The summed E-state index contributed by atoms with van der Waals surface area (Å²) in [5.41, 5.74) is 1.27. The highest BCUT2D eigenvalue weighted by Gasteiger charge is 2.09. The Hall–Kier alpha value is -2.33. The highest BCUT2D eigenvalue weighted by atomic mass is 16.5. The summed E-state index contributed by atoms with van der Waals surface area (Å²) in [6.45, 7) is 5.84. The maximum absolute atomic E-state index is 6.19. The van der Waals surface area contributed by atoms with Crippen molar-refractivity contribution in [3.8, 4) is 5.75 Å². The third-order valence-electron chi connectivity index (χ3n) is 5.13. The molecule has 1 heterocycles. The second-order valence-electron chi connectivity index (χ2n) is 7.36. The maximum Gasteiger partial charge on any atom is 0.124 e. The number of aryl methyl sites for hydroxylation is 1. The molecule has 0 saturated heterocycles. The number of hydrogen-bond acceptors (Lipinski definition) is 3. The van der Waals surface area contributed by atoms with Crippen LogP contribution in [0.1, 0.15) is 51.0 Å². The monoisotopic (exact) mass is 379 g/mol. The number of rotatable bonds is 13. The smallest absolute Gasteiger partial charge is 0.124 e. The SMILES string of the molecule is CCCCCCCOc1ccc2ccccc2c1CNCCCn1ccnc1. The molecule has 0 aliphatic carbocycles. The molecule has 28 heavy (non-hydrogen) atoms. The predicted molar refractivity (Wildman–Crippen MR) is 117 cm³/mol. The molecule has 0 radical (unpaired) electrons. The first kappa shape index (κ1) is 20.4. The topological polar surface area (TPSA) is 39.1 Å². The quantitative estimate of drug-likeness (QED) is 0.395. The zero-order valence-electron chi connectivity index (χ0n) is 17.1. The normalized spacial score (nSPS) is 11.2. The van der Waals surface area contributed by atoms with Gasteiger partial charge in [0.15, 0.2) is 0 Å². The molecule has 0 amide bonds. The van der Waals surface area contributed by atoms with E-state index in [0.717, 1.165) is 44.8 Å². The highest BCUT2D eigenvalue weighted by molar-refractivity contribution is 5.87. The van der Waals surface area contributed by atoms with Gasteiger partial charge in [-0.3, -0.25) is 0 Å². The van der Waals surface area contributed by atoms with E-state index < -0.39 is 0 Å². The minimum Gasteiger partial charge on any atom is -0.493 e. The lowest BCUT2D eigenvalue weighted by atomic mass is 10.0. The standard InChI is InChI=1S/C24H33N3O/c1-2-3-4-5-8-18-28-24-13-12-21-10-6-7-11-22(21)23(24)19-25-14-9-16-27-17-15-26-20-27/h6-7,10-13,15,17,20,25H,2-5,8-9,14,16,18-19H2,1H3. The first-order valence-corrected chi connectivity index (χ1v) is 10.7. The molecule has 0 saturated carbocycles. The lowest BCUT2D eigenvalue weighted by Gasteiger charge is -2.15. The molecule has 0 fully saturated rings. The van der Waals surface area contributed by atoms with Crippen LogP contribution in [0.2, 0.25) is 0 Å². The lowest BCUT2D eigenvalue weighted by Crippen LogP contribution is -2.17. The number of nitrogens with zero attached hydrogens (tertiary/aromatic N) is 2. The zero-order chi connectivity index (χ0) is 19.4. The molecule has 0 spiro atoms. The van der Waals surface area contributed by atoms with Gasteiger partial charge in [-0.2, -0.15) is 0 Å². The van der Waals surface area contributed by atoms with Gasteiger partial charge in [-0.05, 0) is 36.2 Å². The van der Waals surface area contributed by atoms with Crippen LogP contribution < -0.4 is 10.1 Å². The van der Waals surface area contributed by atoms with Gasteiger partial charge in [0.1, 0.15) is 5.75 Å². The third kappa shape index (κ3) is 6.10. The molecule has 1 aromatic heterocycles. The molecule has 2 aromatic carbocycles. The first-order chi connectivity index (χ1) is 13.9. The number of fused-ring (bicyclic) bond motifs is 1. The Morgan fingerprint density at radius 3 is 2.75 bits per heavy atom. The molecule has 1 N–H and O–H groups in total. The van der Waals surface area contributed by atoms with Crippen LogP contribution in [0.15, 0.2) is 55.1 Å². The van der Waals surface area contributed by atoms with Crippen molar-refractivity contribution in [1.29, 1.82) is 0 Å². The minimum atomic E-state index is 0.801. The van der Waals surface area contributed by atoms with E-state index in [1.54, 1.807) is 0 Å². The van der Waals surface area contributed by atoms with Crippen molar-refractivity contribution in [1.82, 2.24) is 14.9 Å². The number of aromatic nitrogens is 2. The Balaban J connectivity index is 1.55. The van der Waals surface area contributed by atoms with Crippen LogP contribution in [0.25, 0.3) is 10.8 Å². The van der Waals surface area contributed by atoms with Crippen molar-refractivity contribution in [2.75, 3.05) is 13.2 Å². The Labute approximate surface area is 168 Å². The molecule has 0 aliphatic rings. The summed E-state index contributed by atoms with van der Waals surface area (Å²) in [6, 6.07) is 12.9. The van der Waals surface area contributed by atoms with Crippen molar-refractivity contribution in [3.63, 3.8) is 0 Å². The summed E-state index contributed by atoms with van der Waals surface area (Å²) in [5, 5.41) is 6.16. The van der Waals surface area contributed by atoms with Gasteiger partial charge in [-0.15, -0.1) is 0 Å². The summed E-state index contributed by atoms with van der Waals surface area (Å²) in [5.74, 6) is 1.02. The number of benzene rings is 2. The second kappa shape index (κ2) is 11.5. The summed E-state index contributed by atoms with van der Waals surface area (Å²) < 4.78 is 8.31. The minimum absolute atomic E-state index is 0.801. The van der Waals surface area contributed by atoms with Crippen LogP contribution in [-0.2, 0) is 13.1 Å². The van der Waals surface area contributed by atoms with Crippen LogP contribution in [0.4, 0.5) is 0 Å². The fourth-order valence-corrected chi connectivity index (χ4v) is 3.54. The van der Waals surface area contributed by atoms with E-state index in [-0.39, 0.29) is 0 Å². The molecule has 4 nitrogen and oxygen atoms in total. The average molecular weight is 380 g/mol. The van der Waals surface area contributed by atoms with Crippen molar-refractivity contribution in [2.45, 2.75) is 58.5 Å². The largest absolute Gasteiger partial charge is 0.493 e. The van der Waals surface area contributed by atoms with E-state index in [0.29, 0.717) is 0 Å². The van der Waals surface area contributed by atoms with E-state index in [1.807, 2.05) is 18.7 Å². The average Bonchev–Trinajstić information content (AvgIpc) is 3.24. The molecular formula is C24H33N3O. The van der Waals surface area contributed by atoms with Gasteiger partial charge in [-0.25, -0.2) is 4.98 Å². The second-order valence-corrected chi connectivity index (χ2v) is 7.36. The predicted octanol–water partition coefficient (Wildman–Crippen LogP) is 5.57. The number of nitrogens with one attached hydrogen (secondary N) is 1. The summed E-state index contributed by atoms with van der Waals surface area (Å²) >= 11 is 0. The van der Waals surface area contributed by atoms with E-state index >= 15 is 0 Å². The fourth-order valence-electron chi connectivity index (χ4n) is 3.54. The van der Waals surface area contributed by atoms with Crippen molar-refractivity contribution < 1.29 is 4.74 Å². The van der Waals surface area contributed by atoms with Crippen LogP contribution in [0, 0.1) is 0 Å². The first-order valence-electron chi connectivity index (χ1n) is 10.7. The van der Waals surface area contributed by atoms with Crippen LogP contribution in [0.3, 0.4) is 0 Å². The van der Waals surface area contributed by atoms with Gasteiger partial charge >= 0.3 is 0 Å². The molecule has 0 aliphatic heterocycles. The molecule has 0 unspecified atom stereocenters. The van der Waals surface area contributed by atoms with Crippen LogP contribution >= 0.6 is 0 Å². The third-order valence-corrected chi connectivity index (χ3v) is 5.13. The summed E-state index contributed by atoms with van der Waals surface area (Å²) in [7, 11) is 0. The van der Waals surface area contributed by atoms with Crippen molar-refractivity contribution in [2.24, 2.45) is 0 Å². The van der Waals surface area contributed by atoms with Gasteiger partial charge < -0.3 is 14.6 Å². The van der Waals surface area contributed by atoms with Gasteiger partial charge in [0.2, 0.25) is 0 Å². The number of imidazole rings is 1. The molecule has 4 heteroatoms. The molecule has 3 aromatic rings. The molecular weight excluding hydrogens is 346 g/mol. The fraction of sp³-hybridized carbons (Fsp3) is 0.458. The van der Waals surface area contributed by atoms with Gasteiger partial charge in [0.05, 0.1) is 12.9 Å². The molecule has 150 valence electrons. The molecule has 0 bridgehead atoms. The Morgan fingerprint density at radius 1 is 1.00 bits per heavy atom. The Morgan fingerprint density at radius 2 is 1.89 bits per heavy atom. The van der Waals surface area contributed by atoms with Crippen molar-refractivity contribution in [3.05, 3.63) is 60.7 Å². The maximum atomic E-state index is 6.19. The van der Waals surface area contributed by atoms with Crippen molar-refractivity contribution >= 4 is 10.8 Å². The van der Waals surface area contributed by atoms with Crippen LogP contribution in [0.5, 0.6) is 5.75 Å². The van der Waals surface area contributed by atoms with E-state index in [9.17, 15) is 0 Å². The highest BCUT2D eigenvalue weighted by Crippen LogP contribution is 2.28. The lowest BCUT2D eigenvalue weighted by molar-refractivity contribution is 0.301. The van der Waals surface area contributed by atoms with E-state index in [2.05, 4.69) is 58.2 Å². The van der Waals surface area contributed by atoms with E-state index in [4.69, 9.17) is 4.74 Å². The van der Waals surface area contributed by atoms with Gasteiger partial charge in [0, 0.05) is 31.0 Å². The Bertz CT molecular complexity index is 814. The number of ether oxygens (including phenoxy) is 1. The molecule has 0 atom stereocenters. The van der Waals surface area contributed by atoms with Gasteiger partial charge in [0.25, 0.3) is 0 Å². The number of hydrogen-bond donors (Lipinski definition) is 1. The zero-order valence-corrected chi connectivity index (χ0v) is 17.1. The van der Waals surface area contributed by atoms with E-state index in [1.165, 1.54) is 42.0 Å². The summed E-state index contributed by atoms with van der Waals surface area (Å²) in [6.07, 6.45) is 13.1. The Kier molecular flexibility index (Phi) is 8.38. The number of unbranched alkanes of at least 4 members (excludes halogenated alkanes) is 4. The molecule has 3 rings (SSSR count).